The number of aryl methyl sites for hydroxylation is 1. The molecule has 0 saturated carbocycles. The molecular formula is C11H11N3O. The molecule has 2 rings (SSSR count). The van der Waals surface area contributed by atoms with Gasteiger partial charge in [0.25, 0.3) is 5.56 Å². The fourth-order valence-electron chi connectivity index (χ4n) is 1.41. The number of pyridine rings is 1. The van der Waals surface area contributed by atoms with Gasteiger partial charge >= 0.3 is 0 Å². The lowest BCUT2D eigenvalue weighted by Gasteiger charge is -2.00. The smallest absolute Gasteiger partial charge is 0.267 e. The van der Waals surface area contributed by atoms with Crippen molar-refractivity contribution < 1.29 is 0 Å². The molecule has 0 atom stereocenters. The SMILES string of the molecule is Cc1cc(Cc2ccncc2)c(=O)[nH]n1. The minimum absolute atomic E-state index is 0.127. The van der Waals surface area contributed by atoms with E-state index in [0.717, 1.165) is 16.8 Å². The van der Waals surface area contributed by atoms with Gasteiger partial charge in [-0.2, -0.15) is 5.10 Å². The van der Waals surface area contributed by atoms with Gasteiger partial charge in [-0.1, -0.05) is 0 Å². The van der Waals surface area contributed by atoms with Gasteiger partial charge in [0, 0.05) is 24.4 Å². The molecule has 0 saturated heterocycles. The summed E-state index contributed by atoms with van der Waals surface area (Å²) in [5, 5.41) is 6.30. The molecule has 0 fully saturated rings. The van der Waals surface area contributed by atoms with Crippen molar-refractivity contribution in [1.29, 1.82) is 0 Å². The van der Waals surface area contributed by atoms with Crippen LogP contribution >= 0.6 is 0 Å². The van der Waals surface area contributed by atoms with Crippen LogP contribution < -0.4 is 5.56 Å². The number of H-pyrrole nitrogens is 1. The van der Waals surface area contributed by atoms with Crippen LogP contribution in [0.25, 0.3) is 0 Å². The van der Waals surface area contributed by atoms with Gasteiger partial charge in [-0.3, -0.25) is 9.78 Å². The van der Waals surface area contributed by atoms with Gasteiger partial charge in [0.1, 0.15) is 0 Å². The number of rotatable bonds is 2. The van der Waals surface area contributed by atoms with Crippen LogP contribution in [0.4, 0.5) is 0 Å². The number of nitrogens with zero attached hydrogens (tertiary/aromatic N) is 2. The number of aromatic nitrogens is 3. The third-order valence-corrected chi connectivity index (χ3v) is 2.15. The predicted molar refractivity (Wildman–Crippen MR) is 56.6 cm³/mol. The van der Waals surface area contributed by atoms with Gasteiger partial charge in [-0.15, -0.1) is 0 Å². The number of hydrogen-bond donors (Lipinski definition) is 1. The first-order valence-corrected chi connectivity index (χ1v) is 4.70. The highest BCUT2D eigenvalue weighted by molar-refractivity contribution is 5.22. The van der Waals surface area contributed by atoms with E-state index in [-0.39, 0.29) is 5.56 Å². The highest BCUT2D eigenvalue weighted by atomic mass is 16.1. The Morgan fingerprint density at radius 1 is 1.33 bits per heavy atom. The van der Waals surface area contributed by atoms with Crippen LogP contribution in [-0.2, 0) is 6.42 Å². The lowest BCUT2D eigenvalue weighted by Crippen LogP contribution is -2.15. The van der Waals surface area contributed by atoms with Crippen LogP contribution in [0.5, 0.6) is 0 Å². The van der Waals surface area contributed by atoms with Crippen LogP contribution in [0.1, 0.15) is 16.8 Å². The van der Waals surface area contributed by atoms with E-state index in [1.54, 1.807) is 18.5 Å². The molecule has 15 heavy (non-hydrogen) atoms. The zero-order valence-corrected chi connectivity index (χ0v) is 8.40. The van der Waals surface area contributed by atoms with Crippen molar-refractivity contribution in [3.8, 4) is 0 Å². The van der Waals surface area contributed by atoms with E-state index in [9.17, 15) is 4.79 Å². The summed E-state index contributed by atoms with van der Waals surface area (Å²) in [6.45, 7) is 1.85. The summed E-state index contributed by atoms with van der Waals surface area (Å²) in [5.74, 6) is 0. The quantitative estimate of drug-likeness (QED) is 0.790. The van der Waals surface area contributed by atoms with Gasteiger partial charge < -0.3 is 0 Å². The number of hydrogen-bond acceptors (Lipinski definition) is 3. The summed E-state index contributed by atoms with van der Waals surface area (Å²) in [4.78, 5) is 15.4. The zero-order chi connectivity index (χ0) is 10.7. The van der Waals surface area contributed by atoms with Gasteiger partial charge in [-0.25, -0.2) is 5.10 Å². The second-order valence-electron chi connectivity index (χ2n) is 3.40. The van der Waals surface area contributed by atoms with Gasteiger partial charge in [0.05, 0.1) is 5.69 Å². The van der Waals surface area contributed by atoms with E-state index in [0.29, 0.717) is 6.42 Å². The summed E-state index contributed by atoms with van der Waals surface area (Å²) < 4.78 is 0. The van der Waals surface area contributed by atoms with Crippen molar-refractivity contribution in [1.82, 2.24) is 15.2 Å². The van der Waals surface area contributed by atoms with Crippen LogP contribution in [0.2, 0.25) is 0 Å². The maximum Gasteiger partial charge on any atom is 0.267 e. The summed E-state index contributed by atoms with van der Waals surface area (Å²) in [7, 11) is 0. The molecule has 0 aliphatic heterocycles. The first-order chi connectivity index (χ1) is 7.25. The minimum Gasteiger partial charge on any atom is -0.268 e. The van der Waals surface area contributed by atoms with Crippen LogP contribution in [0, 0.1) is 6.92 Å². The van der Waals surface area contributed by atoms with Crippen molar-refractivity contribution in [2.75, 3.05) is 0 Å². The highest BCUT2D eigenvalue weighted by Gasteiger charge is 2.01. The summed E-state index contributed by atoms with van der Waals surface area (Å²) in [6, 6.07) is 5.60. The molecule has 0 amide bonds. The average molecular weight is 201 g/mol. The second-order valence-corrected chi connectivity index (χ2v) is 3.40. The molecule has 4 heteroatoms. The van der Waals surface area contributed by atoms with E-state index < -0.39 is 0 Å². The zero-order valence-electron chi connectivity index (χ0n) is 8.40. The third kappa shape index (κ3) is 2.28. The Morgan fingerprint density at radius 2 is 2.07 bits per heavy atom. The molecule has 0 aliphatic carbocycles. The van der Waals surface area contributed by atoms with Gasteiger partial charge in [0.15, 0.2) is 0 Å². The number of nitrogens with one attached hydrogen (secondary N) is 1. The van der Waals surface area contributed by atoms with Crippen molar-refractivity contribution >= 4 is 0 Å². The molecule has 2 aromatic heterocycles. The Balaban J connectivity index is 2.32. The van der Waals surface area contributed by atoms with Crippen molar-refractivity contribution in [3.63, 3.8) is 0 Å². The molecule has 0 radical (unpaired) electrons. The maximum absolute atomic E-state index is 11.4. The Morgan fingerprint density at radius 3 is 2.80 bits per heavy atom. The lowest BCUT2D eigenvalue weighted by atomic mass is 10.1. The standard InChI is InChI=1S/C11H11N3O/c1-8-6-10(11(15)14-13-8)7-9-2-4-12-5-3-9/h2-6H,7H2,1H3,(H,14,15). The van der Waals surface area contributed by atoms with Crippen LogP contribution in [0.15, 0.2) is 35.4 Å². The monoisotopic (exact) mass is 201 g/mol. The van der Waals surface area contributed by atoms with E-state index in [1.807, 2.05) is 19.1 Å². The first kappa shape index (κ1) is 9.58. The first-order valence-electron chi connectivity index (χ1n) is 4.70. The Bertz CT molecular complexity index is 505. The fourth-order valence-corrected chi connectivity index (χ4v) is 1.41. The molecule has 0 aromatic carbocycles. The Hall–Kier alpha value is -1.97. The normalized spacial score (nSPS) is 10.2. The molecule has 0 bridgehead atoms. The van der Waals surface area contributed by atoms with Gasteiger partial charge in [0.2, 0.25) is 0 Å². The minimum atomic E-state index is -0.127. The molecule has 2 heterocycles. The molecular weight excluding hydrogens is 190 g/mol. The van der Waals surface area contributed by atoms with Gasteiger partial charge in [-0.05, 0) is 30.7 Å². The molecule has 76 valence electrons. The highest BCUT2D eigenvalue weighted by Crippen LogP contribution is 2.04. The van der Waals surface area contributed by atoms with E-state index >= 15 is 0 Å². The van der Waals surface area contributed by atoms with Crippen molar-refractivity contribution in [2.45, 2.75) is 13.3 Å². The Labute approximate surface area is 87.0 Å². The summed E-state index contributed by atoms with van der Waals surface area (Å²) >= 11 is 0. The maximum atomic E-state index is 11.4. The Kier molecular flexibility index (Phi) is 2.58. The fraction of sp³-hybridized carbons (Fsp3) is 0.182. The molecule has 0 unspecified atom stereocenters. The topological polar surface area (TPSA) is 58.6 Å². The largest absolute Gasteiger partial charge is 0.268 e. The molecule has 0 spiro atoms. The molecule has 2 aromatic rings. The molecule has 1 N–H and O–H groups in total. The molecule has 0 aliphatic rings. The predicted octanol–water partition coefficient (Wildman–Crippen LogP) is 1.06. The average Bonchev–Trinajstić information content (AvgIpc) is 2.25. The lowest BCUT2D eigenvalue weighted by molar-refractivity contribution is 0.912. The third-order valence-electron chi connectivity index (χ3n) is 2.15. The van der Waals surface area contributed by atoms with Crippen molar-refractivity contribution in [2.24, 2.45) is 0 Å². The molecule has 4 nitrogen and oxygen atoms in total. The van der Waals surface area contributed by atoms with E-state index in [1.165, 1.54) is 0 Å². The van der Waals surface area contributed by atoms with E-state index in [4.69, 9.17) is 0 Å². The van der Waals surface area contributed by atoms with Crippen LogP contribution in [-0.4, -0.2) is 15.2 Å². The van der Waals surface area contributed by atoms with Crippen LogP contribution in [0.3, 0.4) is 0 Å². The van der Waals surface area contributed by atoms with Crippen molar-refractivity contribution in [3.05, 3.63) is 57.8 Å². The van der Waals surface area contributed by atoms with E-state index in [2.05, 4.69) is 15.2 Å². The summed E-state index contributed by atoms with van der Waals surface area (Å²) in [5.41, 5.74) is 2.49. The summed E-state index contributed by atoms with van der Waals surface area (Å²) in [6.07, 6.45) is 4.05. The second kappa shape index (κ2) is 4.04. The number of aromatic amines is 1.